The lowest BCUT2D eigenvalue weighted by molar-refractivity contribution is -0.123. The van der Waals surface area contributed by atoms with Gasteiger partial charge in [0.1, 0.15) is 0 Å². The summed E-state index contributed by atoms with van der Waals surface area (Å²) in [5.74, 6) is 1.28. The second-order valence-corrected chi connectivity index (χ2v) is 7.79. The van der Waals surface area contributed by atoms with E-state index in [4.69, 9.17) is 0 Å². The summed E-state index contributed by atoms with van der Waals surface area (Å²) < 4.78 is 0. The molecule has 0 unspecified atom stereocenters. The van der Waals surface area contributed by atoms with Crippen molar-refractivity contribution in [3.05, 3.63) is 42.0 Å². The van der Waals surface area contributed by atoms with Crippen LogP contribution >= 0.6 is 0 Å². The Morgan fingerprint density at radius 1 is 1.00 bits per heavy atom. The van der Waals surface area contributed by atoms with E-state index in [0.717, 1.165) is 32.0 Å². The largest absolute Gasteiger partial charge is 0.368 e. The molecule has 1 amide bonds. The van der Waals surface area contributed by atoms with Crippen molar-refractivity contribution in [2.24, 2.45) is 5.41 Å². The van der Waals surface area contributed by atoms with Crippen LogP contribution < -0.4 is 15.1 Å². The van der Waals surface area contributed by atoms with Crippen molar-refractivity contribution >= 4 is 23.2 Å². The molecule has 1 N–H and O–H groups in total. The van der Waals surface area contributed by atoms with Gasteiger partial charge in [-0.3, -0.25) is 4.79 Å². The first kappa shape index (κ1) is 18.2. The Morgan fingerprint density at radius 3 is 2.27 bits per heavy atom. The summed E-state index contributed by atoms with van der Waals surface area (Å²) in [7, 11) is 0. The molecule has 3 rings (SSSR count). The molecule has 1 aromatic heterocycles. The number of nitrogens with one attached hydrogen (secondary N) is 1. The Bertz CT molecular complexity index is 759. The summed E-state index contributed by atoms with van der Waals surface area (Å²) in [5, 5.41) is 11.3. The van der Waals surface area contributed by atoms with Gasteiger partial charge in [0.05, 0.1) is 0 Å². The SMILES string of the molecule is Cc1cccc(N2CCN(c3ccc(NC(=O)C(C)(C)C)nn3)CC2)c1. The molecule has 0 radical (unpaired) electrons. The van der Waals surface area contributed by atoms with Gasteiger partial charge in [-0.2, -0.15) is 0 Å². The minimum Gasteiger partial charge on any atom is -0.368 e. The number of aromatic nitrogens is 2. The first-order valence-corrected chi connectivity index (χ1v) is 9.05. The van der Waals surface area contributed by atoms with Crippen LogP contribution in [0.15, 0.2) is 36.4 Å². The van der Waals surface area contributed by atoms with Crippen molar-refractivity contribution in [3.8, 4) is 0 Å². The summed E-state index contributed by atoms with van der Waals surface area (Å²) in [6.45, 7) is 11.4. The van der Waals surface area contributed by atoms with E-state index in [0.29, 0.717) is 5.82 Å². The fraction of sp³-hybridized carbons (Fsp3) is 0.450. The molecule has 26 heavy (non-hydrogen) atoms. The van der Waals surface area contributed by atoms with E-state index >= 15 is 0 Å². The second kappa shape index (κ2) is 7.32. The Labute approximate surface area is 155 Å². The molecule has 1 saturated heterocycles. The molecule has 0 atom stereocenters. The Hall–Kier alpha value is -2.63. The van der Waals surface area contributed by atoms with E-state index < -0.39 is 5.41 Å². The van der Waals surface area contributed by atoms with Gasteiger partial charge in [-0.25, -0.2) is 0 Å². The molecule has 6 nitrogen and oxygen atoms in total. The van der Waals surface area contributed by atoms with Crippen LogP contribution in [0.3, 0.4) is 0 Å². The fourth-order valence-corrected chi connectivity index (χ4v) is 2.88. The number of anilines is 3. The van der Waals surface area contributed by atoms with E-state index in [1.807, 2.05) is 32.9 Å². The number of piperazine rings is 1. The number of carbonyl (C=O) groups is 1. The number of nitrogens with zero attached hydrogens (tertiary/aromatic N) is 4. The van der Waals surface area contributed by atoms with E-state index in [1.165, 1.54) is 11.3 Å². The van der Waals surface area contributed by atoms with Gasteiger partial charge in [0.15, 0.2) is 11.6 Å². The van der Waals surface area contributed by atoms with Crippen molar-refractivity contribution in [2.75, 3.05) is 41.3 Å². The molecule has 1 fully saturated rings. The van der Waals surface area contributed by atoms with Crippen LogP contribution in [0.4, 0.5) is 17.3 Å². The number of benzene rings is 1. The van der Waals surface area contributed by atoms with Crippen LogP contribution in [0.5, 0.6) is 0 Å². The van der Waals surface area contributed by atoms with Crippen LogP contribution in [0, 0.1) is 12.3 Å². The standard InChI is InChI=1S/C20H27N5O/c1-15-6-5-7-16(14-15)24-10-12-25(13-11-24)18-9-8-17(22-23-18)21-19(26)20(2,3)4/h5-9,14H,10-13H2,1-4H3,(H,21,22,26). The van der Waals surface area contributed by atoms with Crippen molar-refractivity contribution in [1.82, 2.24) is 10.2 Å². The average molecular weight is 353 g/mol. The van der Waals surface area contributed by atoms with Gasteiger partial charge in [-0.15, -0.1) is 10.2 Å². The zero-order chi connectivity index (χ0) is 18.7. The molecule has 138 valence electrons. The van der Waals surface area contributed by atoms with Crippen molar-refractivity contribution < 1.29 is 4.79 Å². The Kier molecular flexibility index (Phi) is 5.11. The van der Waals surface area contributed by atoms with Gasteiger partial charge in [0, 0.05) is 37.3 Å². The Balaban J connectivity index is 1.59. The number of carbonyl (C=O) groups excluding carboxylic acids is 1. The summed E-state index contributed by atoms with van der Waals surface area (Å²) in [4.78, 5) is 16.6. The van der Waals surface area contributed by atoms with E-state index in [1.54, 1.807) is 0 Å². The molecule has 1 aliphatic heterocycles. The molecule has 2 aromatic rings. The predicted molar refractivity (Wildman–Crippen MR) is 106 cm³/mol. The number of hydrogen-bond acceptors (Lipinski definition) is 5. The summed E-state index contributed by atoms with van der Waals surface area (Å²) >= 11 is 0. The maximum Gasteiger partial charge on any atom is 0.230 e. The van der Waals surface area contributed by atoms with E-state index in [2.05, 4.69) is 56.5 Å². The summed E-state index contributed by atoms with van der Waals surface area (Å²) in [5.41, 5.74) is 2.10. The quantitative estimate of drug-likeness (QED) is 0.919. The minimum absolute atomic E-state index is 0.0636. The first-order valence-electron chi connectivity index (χ1n) is 9.05. The first-order chi connectivity index (χ1) is 12.3. The number of amides is 1. The third-order valence-corrected chi connectivity index (χ3v) is 4.54. The number of rotatable bonds is 3. The van der Waals surface area contributed by atoms with Crippen LogP contribution in [0.25, 0.3) is 0 Å². The van der Waals surface area contributed by atoms with Gasteiger partial charge in [-0.05, 0) is 36.8 Å². The van der Waals surface area contributed by atoms with Gasteiger partial charge < -0.3 is 15.1 Å². The highest BCUT2D eigenvalue weighted by Crippen LogP contribution is 2.21. The highest BCUT2D eigenvalue weighted by atomic mass is 16.2. The molecule has 6 heteroatoms. The third kappa shape index (κ3) is 4.31. The van der Waals surface area contributed by atoms with Crippen molar-refractivity contribution in [3.63, 3.8) is 0 Å². The van der Waals surface area contributed by atoms with Crippen LogP contribution in [0.1, 0.15) is 26.3 Å². The van der Waals surface area contributed by atoms with Crippen molar-refractivity contribution in [2.45, 2.75) is 27.7 Å². The van der Waals surface area contributed by atoms with Crippen molar-refractivity contribution in [1.29, 1.82) is 0 Å². The van der Waals surface area contributed by atoms with Crippen LogP contribution in [-0.2, 0) is 4.79 Å². The Morgan fingerprint density at radius 2 is 1.69 bits per heavy atom. The lowest BCUT2D eigenvalue weighted by Crippen LogP contribution is -2.46. The maximum atomic E-state index is 12.0. The summed E-state index contributed by atoms with van der Waals surface area (Å²) in [6, 6.07) is 12.4. The molecule has 0 saturated carbocycles. The highest BCUT2D eigenvalue weighted by molar-refractivity contribution is 5.93. The third-order valence-electron chi connectivity index (χ3n) is 4.54. The van der Waals surface area contributed by atoms with Crippen LogP contribution in [-0.4, -0.2) is 42.3 Å². The number of aryl methyl sites for hydroxylation is 1. The number of hydrogen-bond donors (Lipinski definition) is 1. The lowest BCUT2D eigenvalue weighted by atomic mass is 9.96. The van der Waals surface area contributed by atoms with Gasteiger partial charge in [-0.1, -0.05) is 32.9 Å². The molecular formula is C20H27N5O. The molecule has 1 aromatic carbocycles. The second-order valence-electron chi connectivity index (χ2n) is 7.79. The highest BCUT2D eigenvalue weighted by Gasteiger charge is 2.22. The smallest absolute Gasteiger partial charge is 0.230 e. The fourth-order valence-electron chi connectivity index (χ4n) is 2.88. The maximum absolute atomic E-state index is 12.0. The van der Waals surface area contributed by atoms with Crippen LogP contribution in [0.2, 0.25) is 0 Å². The minimum atomic E-state index is -0.452. The van der Waals surface area contributed by atoms with E-state index in [-0.39, 0.29) is 5.91 Å². The monoisotopic (exact) mass is 353 g/mol. The predicted octanol–water partition coefficient (Wildman–Crippen LogP) is 3.10. The molecule has 1 aliphatic rings. The van der Waals surface area contributed by atoms with Gasteiger partial charge >= 0.3 is 0 Å². The van der Waals surface area contributed by atoms with Gasteiger partial charge in [0.2, 0.25) is 5.91 Å². The lowest BCUT2D eigenvalue weighted by Gasteiger charge is -2.36. The average Bonchev–Trinajstić information content (AvgIpc) is 2.62. The van der Waals surface area contributed by atoms with Gasteiger partial charge in [0.25, 0.3) is 0 Å². The molecule has 0 bridgehead atoms. The zero-order valence-electron chi connectivity index (χ0n) is 16.0. The molecule has 2 heterocycles. The normalized spacial score (nSPS) is 15.1. The molecule has 0 spiro atoms. The topological polar surface area (TPSA) is 61.4 Å². The van der Waals surface area contributed by atoms with E-state index in [9.17, 15) is 4.79 Å². The molecule has 0 aliphatic carbocycles. The summed E-state index contributed by atoms with van der Waals surface area (Å²) in [6.07, 6.45) is 0. The zero-order valence-corrected chi connectivity index (χ0v) is 16.0. The molecular weight excluding hydrogens is 326 g/mol.